The Balaban J connectivity index is 1.95. The summed E-state index contributed by atoms with van der Waals surface area (Å²) in [6.45, 7) is 0.886. The van der Waals surface area contributed by atoms with E-state index in [2.05, 4.69) is 5.16 Å². The molecule has 2 aromatic rings. The van der Waals surface area contributed by atoms with Crippen LogP contribution in [0.1, 0.15) is 0 Å². The minimum Gasteiger partial charge on any atom is -0.508 e. The van der Waals surface area contributed by atoms with Gasteiger partial charge in [0.05, 0.1) is 18.5 Å². The lowest BCUT2D eigenvalue weighted by molar-refractivity contribution is -0.118. The van der Waals surface area contributed by atoms with Gasteiger partial charge in [0.15, 0.2) is 23.9 Å². The SMILES string of the molecule is COC[C@H]1CN(c2noc3cc(O)ccc23)C(C=O)O1. The van der Waals surface area contributed by atoms with Crippen molar-refractivity contribution in [2.24, 2.45) is 0 Å². The lowest BCUT2D eigenvalue weighted by atomic mass is 10.2. The molecule has 1 aliphatic rings. The molecule has 1 saturated heterocycles. The van der Waals surface area contributed by atoms with Gasteiger partial charge in [0, 0.05) is 13.2 Å². The number of aldehydes is 1. The second-order valence-electron chi connectivity index (χ2n) is 4.58. The van der Waals surface area contributed by atoms with Crippen molar-refractivity contribution in [3.63, 3.8) is 0 Å². The lowest BCUT2D eigenvalue weighted by Crippen LogP contribution is -2.31. The molecule has 1 fully saturated rings. The fourth-order valence-corrected chi connectivity index (χ4v) is 2.35. The molecule has 0 spiro atoms. The summed E-state index contributed by atoms with van der Waals surface area (Å²) in [5.74, 6) is 0.623. The maximum atomic E-state index is 11.1. The van der Waals surface area contributed by atoms with Crippen LogP contribution in [0.4, 0.5) is 5.82 Å². The zero-order chi connectivity index (χ0) is 14.1. The number of ether oxygens (including phenoxy) is 2. The predicted molar refractivity (Wildman–Crippen MR) is 69.6 cm³/mol. The van der Waals surface area contributed by atoms with Gasteiger partial charge in [0.1, 0.15) is 11.9 Å². The molecule has 3 rings (SSSR count). The highest BCUT2D eigenvalue weighted by Crippen LogP contribution is 2.32. The van der Waals surface area contributed by atoms with Crippen LogP contribution in [-0.2, 0) is 14.3 Å². The number of benzene rings is 1. The molecule has 0 saturated carbocycles. The van der Waals surface area contributed by atoms with Crippen LogP contribution < -0.4 is 4.90 Å². The largest absolute Gasteiger partial charge is 0.508 e. The van der Waals surface area contributed by atoms with Gasteiger partial charge in [0.2, 0.25) is 0 Å². The maximum absolute atomic E-state index is 11.1. The number of rotatable bonds is 4. The van der Waals surface area contributed by atoms with Gasteiger partial charge in [-0.2, -0.15) is 0 Å². The minimum absolute atomic E-state index is 0.0991. The molecule has 2 heterocycles. The van der Waals surface area contributed by atoms with Crippen molar-refractivity contribution in [2.75, 3.05) is 25.2 Å². The van der Waals surface area contributed by atoms with Crippen molar-refractivity contribution in [2.45, 2.75) is 12.3 Å². The van der Waals surface area contributed by atoms with Crippen LogP contribution in [0.2, 0.25) is 0 Å². The molecule has 106 valence electrons. The summed E-state index contributed by atoms with van der Waals surface area (Å²) in [7, 11) is 1.58. The van der Waals surface area contributed by atoms with Gasteiger partial charge in [-0.15, -0.1) is 0 Å². The van der Waals surface area contributed by atoms with E-state index in [-0.39, 0.29) is 11.9 Å². The molecule has 1 aromatic carbocycles. The van der Waals surface area contributed by atoms with Crippen LogP contribution in [0, 0.1) is 0 Å². The number of anilines is 1. The van der Waals surface area contributed by atoms with E-state index in [1.807, 2.05) is 0 Å². The van der Waals surface area contributed by atoms with Crippen LogP contribution in [0.15, 0.2) is 22.7 Å². The second kappa shape index (κ2) is 5.10. The first-order chi connectivity index (χ1) is 9.72. The Morgan fingerprint density at radius 3 is 3.20 bits per heavy atom. The smallest absolute Gasteiger partial charge is 0.188 e. The molecule has 2 atom stereocenters. The molecule has 7 nitrogen and oxygen atoms in total. The summed E-state index contributed by atoms with van der Waals surface area (Å²) in [4.78, 5) is 12.9. The van der Waals surface area contributed by atoms with Crippen molar-refractivity contribution < 1.29 is 23.9 Å². The molecule has 7 heteroatoms. The molecule has 0 aliphatic carbocycles. The first-order valence-corrected chi connectivity index (χ1v) is 6.17. The number of aromatic nitrogens is 1. The molecule has 20 heavy (non-hydrogen) atoms. The van der Waals surface area contributed by atoms with Gasteiger partial charge in [0.25, 0.3) is 0 Å². The highest BCUT2D eigenvalue weighted by Gasteiger charge is 2.35. The summed E-state index contributed by atoms with van der Waals surface area (Å²) < 4.78 is 15.8. The Bertz CT molecular complexity index is 626. The number of nitrogens with zero attached hydrogens (tertiary/aromatic N) is 2. The third-order valence-corrected chi connectivity index (χ3v) is 3.22. The van der Waals surface area contributed by atoms with E-state index >= 15 is 0 Å². The molecular formula is C13H14N2O5. The summed E-state index contributed by atoms with van der Waals surface area (Å²) in [5.41, 5.74) is 0.458. The molecule has 0 radical (unpaired) electrons. The number of methoxy groups -OCH3 is 1. The van der Waals surface area contributed by atoms with Crippen molar-refractivity contribution >= 4 is 23.1 Å². The second-order valence-corrected chi connectivity index (χ2v) is 4.58. The molecule has 1 aromatic heterocycles. The van der Waals surface area contributed by atoms with Gasteiger partial charge in [-0.25, -0.2) is 0 Å². The van der Waals surface area contributed by atoms with Crippen LogP contribution >= 0.6 is 0 Å². The number of phenolic OH excluding ortho intramolecular Hbond substituents is 1. The van der Waals surface area contributed by atoms with Crippen molar-refractivity contribution in [1.82, 2.24) is 5.16 Å². The van der Waals surface area contributed by atoms with Crippen molar-refractivity contribution in [3.05, 3.63) is 18.2 Å². The van der Waals surface area contributed by atoms with E-state index in [4.69, 9.17) is 14.0 Å². The zero-order valence-corrected chi connectivity index (χ0v) is 10.9. The average molecular weight is 278 g/mol. The van der Waals surface area contributed by atoms with E-state index in [1.54, 1.807) is 24.1 Å². The Kier molecular flexibility index (Phi) is 3.29. The number of phenols is 1. The van der Waals surface area contributed by atoms with Gasteiger partial charge in [-0.1, -0.05) is 5.16 Å². The highest BCUT2D eigenvalue weighted by atomic mass is 16.6. The van der Waals surface area contributed by atoms with Crippen LogP contribution in [0.5, 0.6) is 5.75 Å². The molecule has 0 amide bonds. The van der Waals surface area contributed by atoms with Crippen LogP contribution in [0.25, 0.3) is 11.0 Å². The number of fused-ring (bicyclic) bond motifs is 1. The van der Waals surface area contributed by atoms with Crippen molar-refractivity contribution in [1.29, 1.82) is 0 Å². The molecule has 1 unspecified atom stereocenters. The Labute approximate surface area is 114 Å². The molecular weight excluding hydrogens is 264 g/mol. The Morgan fingerprint density at radius 1 is 1.60 bits per heavy atom. The van der Waals surface area contributed by atoms with E-state index < -0.39 is 6.23 Å². The topological polar surface area (TPSA) is 85.0 Å². The van der Waals surface area contributed by atoms with E-state index in [0.29, 0.717) is 24.6 Å². The standard InChI is InChI=1S/C13H14N2O5/c1-18-7-9-5-15(12(6-16)19-9)13-10-3-2-8(17)4-11(10)20-14-13/h2-4,6,9,12,17H,5,7H2,1H3/t9-,12?/m1/s1. The van der Waals surface area contributed by atoms with Gasteiger partial charge < -0.3 is 24.0 Å². The summed E-state index contributed by atoms with van der Waals surface area (Å²) in [6, 6.07) is 4.72. The number of carbonyl (C=O) groups is 1. The Morgan fingerprint density at radius 2 is 2.45 bits per heavy atom. The molecule has 1 aliphatic heterocycles. The Hall–Kier alpha value is -2.12. The summed E-state index contributed by atoms with van der Waals surface area (Å²) >= 11 is 0. The average Bonchev–Trinajstić information content (AvgIpc) is 3.01. The fraction of sp³-hybridized carbons (Fsp3) is 0.385. The lowest BCUT2D eigenvalue weighted by Gasteiger charge is -2.17. The number of hydrogen-bond acceptors (Lipinski definition) is 7. The predicted octanol–water partition coefficient (Wildman–Crippen LogP) is 0.910. The van der Waals surface area contributed by atoms with Gasteiger partial charge in [-0.05, 0) is 12.1 Å². The fourth-order valence-electron chi connectivity index (χ4n) is 2.35. The summed E-state index contributed by atoms with van der Waals surface area (Å²) in [5, 5.41) is 14.1. The highest BCUT2D eigenvalue weighted by molar-refractivity contribution is 5.90. The molecule has 0 bridgehead atoms. The van der Waals surface area contributed by atoms with E-state index in [9.17, 15) is 9.90 Å². The third kappa shape index (κ3) is 2.10. The first-order valence-electron chi connectivity index (χ1n) is 6.17. The minimum atomic E-state index is -0.711. The quantitative estimate of drug-likeness (QED) is 0.832. The first kappa shape index (κ1) is 12.9. The maximum Gasteiger partial charge on any atom is 0.188 e. The summed E-state index contributed by atoms with van der Waals surface area (Å²) in [6.07, 6.45) is -0.187. The normalized spacial score (nSPS) is 22.6. The monoisotopic (exact) mass is 278 g/mol. The van der Waals surface area contributed by atoms with Crippen LogP contribution in [-0.4, -0.2) is 49.1 Å². The van der Waals surface area contributed by atoms with E-state index in [1.165, 1.54) is 6.07 Å². The number of carbonyl (C=O) groups excluding carboxylic acids is 1. The van der Waals surface area contributed by atoms with Crippen molar-refractivity contribution in [3.8, 4) is 5.75 Å². The van der Waals surface area contributed by atoms with Crippen LogP contribution in [0.3, 0.4) is 0 Å². The molecule has 1 N–H and O–H groups in total. The van der Waals surface area contributed by atoms with Gasteiger partial charge in [-0.3, -0.25) is 4.79 Å². The zero-order valence-electron chi connectivity index (χ0n) is 10.9. The number of aromatic hydroxyl groups is 1. The number of hydrogen-bond donors (Lipinski definition) is 1. The van der Waals surface area contributed by atoms with E-state index in [0.717, 1.165) is 11.7 Å². The van der Waals surface area contributed by atoms with Gasteiger partial charge >= 0.3 is 0 Å². The third-order valence-electron chi connectivity index (χ3n) is 3.22.